The molecule has 0 bridgehead atoms. The summed E-state index contributed by atoms with van der Waals surface area (Å²) in [4.78, 5) is 7.75. The Balaban J connectivity index is 2.63. The SMILES string of the molecule is CCC(CC#N)Nc1ccnc(Cl)n1. The Kier molecular flexibility index (Phi) is 4.14. The minimum Gasteiger partial charge on any atom is -0.366 e. The standard InChI is InChI=1S/C9H11ClN4/c1-2-7(3-5-11)13-8-4-6-12-9(10)14-8/h4,6-7H,2-3H2,1H3,(H,12,13,14). The average molecular weight is 211 g/mol. The molecule has 1 aromatic rings. The largest absolute Gasteiger partial charge is 0.366 e. The van der Waals surface area contributed by atoms with Crippen molar-refractivity contribution in [3.05, 3.63) is 17.5 Å². The first kappa shape index (κ1) is 10.7. The zero-order valence-corrected chi connectivity index (χ0v) is 8.62. The number of rotatable bonds is 4. The Hall–Kier alpha value is -1.34. The molecule has 0 saturated heterocycles. The first-order valence-electron chi connectivity index (χ1n) is 4.38. The molecule has 14 heavy (non-hydrogen) atoms. The fraction of sp³-hybridized carbons (Fsp3) is 0.444. The van der Waals surface area contributed by atoms with Crippen molar-refractivity contribution in [3.63, 3.8) is 0 Å². The van der Waals surface area contributed by atoms with Crippen LogP contribution in [0.5, 0.6) is 0 Å². The fourth-order valence-corrected chi connectivity index (χ4v) is 1.18. The molecule has 0 aliphatic heterocycles. The average Bonchev–Trinajstić information content (AvgIpc) is 2.17. The summed E-state index contributed by atoms with van der Waals surface area (Å²) in [6.45, 7) is 2.01. The topological polar surface area (TPSA) is 61.6 Å². The van der Waals surface area contributed by atoms with Crippen molar-refractivity contribution in [2.75, 3.05) is 5.32 Å². The number of nitrogens with one attached hydrogen (secondary N) is 1. The molecule has 0 amide bonds. The molecule has 0 aliphatic rings. The molecule has 74 valence electrons. The highest BCUT2D eigenvalue weighted by atomic mass is 35.5. The van der Waals surface area contributed by atoms with Crippen molar-refractivity contribution in [2.45, 2.75) is 25.8 Å². The summed E-state index contributed by atoms with van der Waals surface area (Å²) in [5, 5.41) is 11.9. The van der Waals surface area contributed by atoms with Crippen molar-refractivity contribution < 1.29 is 0 Å². The van der Waals surface area contributed by atoms with E-state index in [-0.39, 0.29) is 11.3 Å². The quantitative estimate of drug-likeness (QED) is 0.775. The van der Waals surface area contributed by atoms with E-state index in [1.807, 2.05) is 6.92 Å². The molecule has 0 radical (unpaired) electrons. The van der Waals surface area contributed by atoms with Gasteiger partial charge in [-0.2, -0.15) is 5.26 Å². The van der Waals surface area contributed by atoms with Gasteiger partial charge in [-0.05, 0) is 24.1 Å². The van der Waals surface area contributed by atoms with E-state index in [9.17, 15) is 0 Å². The normalized spacial score (nSPS) is 11.8. The van der Waals surface area contributed by atoms with Gasteiger partial charge < -0.3 is 5.32 Å². The van der Waals surface area contributed by atoms with E-state index in [0.717, 1.165) is 6.42 Å². The van der Waals surface area contributed by atoms with Gasteiger partial charge in [0.2, 0.25) is 5.28 Å². The van der Waals surface area contributed by atoms with Crippen molar-refractivity contribution >= 4 is 17.4 Å². The van der Waals surface area contributed by atoms with Crippen LogP contribution in [0.25, 0.3) is 0 Å². The van der Waals surface area contributed by atoms with Gasteiger partial charge in [-0.15, -0.1) is 0 Å². The Morgan fingerprint density at radius 1 is 1.71 bits per heavy atom. The van der Waals surface area contributed by atoms with Crippen molar-refractivity contribution in [1.82, 2.24) is 9.97 Å². The van der Waals surface area contributed by atoms with Crippen LogP contribution in [0.2, 0.25) is 5.28 Å². The van der Waals surface area contributed by atoms with Crippen molar-refractivity contribution in [1.29, 1.82) is 5.26 Å². The summed E-state index contributed by atoms with van der Waals surface area (Å²) in [6, 6.07) is 3.96. The molecule has 4 nitrogen and oxygen atoms in total. The summed E-state index contributed by atoms with van der Waals surface area (Å²) < 4.78 is 0. The van der Waals surface area contributed by atoms with Crippen molar-refractivity contribution in [3.8, 4) is 6.07 Å². The summed E-state index contributed by atoms with van der Waals surface area (Å²) in [7, 11) is 0. The minimum absolute atomic E-state index is 0.117. The molecule has 1 N–H and O–H groups in total. The molecule has 5 heteroatoms. The van der Waals surface area contributed by atoms with Crippen LogP contribution in [0.1, 0.15) is 19.8 Å². The number of nitriles is 1. The fourth-order valence-electron chi connectivity index (χ4n) is 1.03. The maximum Gasteiger partial charge on any atom is 0.224 e. The molecule has 0 spiro atoms. The molecule has 1 atom stereocenters. The first-order valence-corrected chi connectivity index (χ1v) is 4.76. The molecular formula is C9H11ClN4. The lowest BCUT2D eigenvalue weighted by Crippen LogP contribution is -2.18. The van der Waals surface area contributed by atoms with Crippen LogP contribution in [0.4, 0.5) is 5.82 Å². The molecule has 1 rings (SSSR count). The predicted octanol–water partition coefficient (Wildman–Crippen LogP) is 2.23. The van der Waals surface area contributed by atoms with Crippen LogP contribution in [-0.2, 0) is 0 Å². The van der Waals surface area contributed by atoms with Gasteiger partial charge >= 0.3 is 0 Å². The number of halogens is 1. The highest BCUT2D eigenvalue weighted by Gasteiger charge is 2.06. The summed E-state index contributed by atoms with van der Waals surface area (Å²) in [5.41, 5.74) is 0. The van der Waals surface area contributed by atoms with E-state index in [1.165, 1.54) is 0 Å². The minimum atomic E-state index is 0.117. The second-order valence-corrected chi connectivity index (χ2v) is 3.16. The van der Waals surface area contributed by atoms with E-state index in [1.54, 1.807) is 12.3 Å². The van der Waals surface area contributed by atoms with E-state index in [2.05, 4.69) is 21.4 Å². The second kappa shape index (κ2) is 5.40. The van der Waals surface area contributed by atoms with Crippen molar-refractivity contribution in [2.24, 2.45) is 0 Å². The van der Waals surface area contributed by atoms with Gasteiger partial charge in [-0.1, -0.05) is 6.92 Å². The molecule has 0 aromatic carbocycles. The van der Waals surface area contributed by atoms with E-state index >= 15 is 0 Å². The molecule has 1 unspecified atom stereocenters. The molecule has 1 heterocycles. The molecule has 0 saturated carbocycles. The van der Waals surface area contributed by atoms with Crippen LogP contribution in [-0.4, -0.2) is 16.0 Å². The second-order valence-electron chi connectivity index (χ2n) is 2.82. The number of hydrogen-bond acceptors (Lipinski definition) is 4. The number of nitrogens with zero attached hydrogens (tertiary/aromatic N) is 3. The maximum absolute atomic E-state index is 8.55. The Bertz CT molecular complexity index is 334. The summed E-state index contributed by atoms with van der Waals surface area (Å²) in [6.07, 6.45) is 2.91. The van der Waals surface area contributed by atoms with Gasteiger partial charge in [-0.3, -0.25) is 0 Å². The number of anilines is 1. The van der Waals surface area contributed by atoms with Gasteiger partial charge in [0, 0.05) is 12.2 Å². The summed E-state index contributed by atoms with van der Waals surface area (Å²) in [5.74, 6) is 0.659. The van der Waals surface area contributed by atoms with Crippen LogP contribution in [0.3, 0.4) is 0 Å². The highest BCUT2D eigenvalue weighted by molar-refractivity contribution is 6.28. The van der Waals surface area contributed by atoms with Crippen LogP contribution >= 0.6 is 11.6 Å². The predicted molar refractivity (Wildman–Crippen MR) is 55.0 cm³/mol. The smallest absolute Gasteiger partial charge is 0.224 e. The molecule has 0 fully saturated rings. The Morgan fingerprint density at radius 3 is 3.07 bits per heavy atom. The van der Waals surface area contributed by atoms with E-state index < -0.39 is 0 Å². The lowest BCUT2D eigenvalue weighted by molar-refractivity contribution is 0.707. The third-order valence-electron chi connectivity index (χ3n) is 1.81. The van der Waals surface area contributed by atoms with E-state index in [4.69, 9.17) is 16.9 Å². The monoisotopic (exact) mass is 210 g/mol. The van der Waals surface area contributed by atoms with Gasteiger partial charge in [0.25, 0.3) is 0 Å². The maximum atomic E-state index is 8.55. The Labute approximate surface area is 87.9 Å². The highest BCUT2D eigenvalue weighted by Crippen LogP contribution is 2.10. The third-order valence-corrected chi connectivity index (χ3v) is 1.99. The van der Waals surface area contributed by atoms with Gasteiger partial charge in [0.05, 0.1) is 12.5 Å². The van der Waals surface area contributed by atoms with Crippen LogP contribution < -0.4 is 5.32 Å². The van der Waals surface area contributed by atoms with Gasteiger partial charge in [0.1, 0.15) is 5.82 Å². The zero-order chi connectivity index (χ0) is 10.4. The summed E-state index contributed by atoms with van der Waals surface area (Å²) >= 11 is 5.62. The van der Waals surface area contributed by atoms with Gasteiger partial charge in [-0.25, -0.2) is 9.97 Å². The third kappa shape index (κ3) is 3.19. The van der Waals surface area contributed by atoms with Crippen LogP contribution in [0.15, 0.2) is 12.3 Å². The molecule has 0 aliphatic carbocycles. The Morgan fingerprint density at radius 2 is 2.50 bits per heavy atom. The van der Waals surface area contributed by atoms with Crippen LogP contribution in [0, 0.1) is 11.3 Å². The first-order chi connectivity index (χ1) is 6.76. The number of hydrogen-bond donors (Lipinski definition) is 1. The zero-order valence-electron chi connectivity index (χ0n) is 7.87. The van der Waals surface area contributed by atoms with Gasteiger partial charge in [0.15, 0.2) is 0 Å². The lowest BCUT2D eigenvalue weighted by Gasteiger charge is -2.13. The lowest BCUT2D eigenvalue weighted by atomic mass is 10.2. The molecular weight excluding hydrogens is 200 g/mol. The van der Waals surface area contributed by atoms with E-state index in [0.29, 0.717) is 12.2 Å². The number of aromatic nitrogens is 2. The molecule has 1 aromatic heterocycles.